The highest BCUT2D eigenvalue weighted by molar-refractivity contribution is 5.92. The van der Waals surface area contributed by atoms with E-state index < -0.39 is 29.5 Å². The second-order valence-electron chi connectivity index (χ2n) is 6.67. The third kappa shape index (κ3) is 4.41. The number of amides is 1. The number of aromatic nitrogens is 3. The number of likely N-dealkylation sites (tertiary alicyclic amines) is 1. The predicted molar refractivity (Wildman–Crippen MR) is 92.2 cm³/mol. The van der Waals surface area contributed by atoms with E-state index in [1.54, 1.807) is 0 Å². The van der Waals surface area contributed by atoms with Crippen LogP contribution in [0.3, 0.4) is 0 Å². The quantitative estimate of drug-likeness (QED) is 0.796. The Balaban J connectivity index is 1.57. The van der Waals surface area contributed by atoms with Gasteiger partial charge in [0.1, 0.15) is 5.82 Å². The molecular formula is C17H19F4N5O2. The summed E-state index contributed by atoms with van der Waals surface area (Å²) in [6.07, 6.45) is -3.89. The minimum absolute atomic E-state index is 0.0923. The number of carbonyl (C=O) groups is 1. The molecule has 0 aliphatic carbocycles. The number of rotatable bonds is 4. The zero-order valence-corrected chi connectivity index (χ0v) is 15.0. The summed E-state index contributed by atoms with van der Waals surface area (Å²) in [7, 11) is 1.05. The van der Waals surface area contributed by atoms with Gasteiger partial charge in [0.15, 0.2) is 0 Å². The molecule has 0 spiro atoms. The van der Waals surface area contributed by atoms with Gasteiger partial charge in [0.05, 0.1) is 12.6 Å². The SMILES string of the molecule is Cn1c(C(F)(F)F)nn(C2CCN(CC(=O)Nc3ccc(F)cc3)CC2)c1=O. The largest absolute Gasteiger partial charge is 0.451 e. The zero-order chi connectivity index (χ0) is 20.5. The molecule has 3 rings (SSSR count). The lowest BCUT2D eigenvalue weighted by molar-refractivity contribution is -0.147. The molecule has 11 heteroatoms. The molecule has 1 N–H and O–H groups in total. The highest BCUT2D eigenvalue weighted by Crippen LogP contribution is 2.28. The Morgan fingerprint density at radius 1 is 1.21 bits per heavy atom. The van der Waals surface area contributed by atoms with Crippen molar-refractivity contribution in [3.8, 4) is 0 Å². The standard InChI is InChI=1S/C17H19F4N5O2/c1-24-15(17(19,20)21)23-26(16(24)28)13-6-8-25(9-7-13)10-14(27)22-12-4-2-11(18)3-5-12/h2-5,13H,6-10H2,1H3,(H,22,27). The van der Waals surface area contributed by atoms with Crippen molar-refractivity contribution in [3.63, 3.8) is 0 Å². The summed E-state index contributed by atoms with van der Waals surface area (Å²) in [4.78, 5) is 26.0. The Labute approximate surface area is 157 Å². The maximum Gasteiger partial charge on any atom is 0.451 e. The lowest BCUT2D eigenvalue weighted by Crippen LogP contribution is -2.41. The molecule has 1 aliphatic rings. The third-order valence-electron chi connectivity index (χ3n) is 4.65. The van der Waals surface area contributed by atoms with Crippen LogP contribution < -0.4 is 11.0 Å². The number of alkyl halides is 3. The predicted octanol–water partition coefficient (Wildman–Crippen LogP) is 2.02. The van der Waals surface area contributed by atoms with E-state index in [0.717, 1.165) is 11.7 Å². The summed E-state index contributed by atoms with van der Waals surface area (Å²) in [5, 5.41) is 6.12. The van der Waals surface area contributed by atoms with E-state index in [0.29, 0.717) is 36.2 Å². The van der Waals surface area contributed by atoms with Crippen LogP contribution in [0, 0.1) is 5.82 Å². The first-order chi connectivity index (χ1) is 13.1. The first kappa shape index (κ1) is 20.1. The lowest BCUT2D eigenvalue weighted by atomic mass is 10.1. The second kappa shape index (κ2) is 7.74. The van der Waals surface area contributed by atoms with Crippen molar-refractivity contribution in [1.29, 1.82) is 0 Å². The van der Waals surface area contributed by atoms with Crippen molar-refractivity contribution in [2.24, 2.45) is 7.05 Å². The van der Waals surface area contributed by atoms with Crippen molar-refractivity contribution in [2.75, 3.05) is 25.0 Å². The van der Waals surface area contributed by atoms with Gasteiger partial charge in [0.2, 0.25) is 11.7 Å². The fourth-order valence-electron chi connectivity index (χ4n) is 3.20. The van der Waals surface area contributed by atoms with E-state index in [1.807, 2.05) is 4.90 Å². The van der Waals surface area contributed by atoms with Crippen molar-refractivity contribution < 1.29 is 22.4 Å². The Bertz CT molecular complexity index is 896. The average molecular weight is 401 g/mol. The van der Waals surface area contributed by atoms with Crippen LogP contribution in [0.2, 0.25) is 0 Å². The maximum atomic E-state index is 12.9. The smallest absolute Gasteiger partial charge is 0.325 e. The first-order valence-corrected chi connectivity index (χ1v) is 8.65. The molecule has 1 saturated heterocycles. The van der Waals surface area contributed by atoms with Crippen molar-refractivity contribution in [1.82, 2.24) is 19.2 Å². The summed E-state index contributed by atoms with van der Waals surface area (Å²) in [6, 6.07) is 4.92. The van der Waals surface area contributed by atoms with Gasteiger partial charge in [-0.05, 0) is 37.1 Å². The van der Waals surface area contributed by atoms with Gasteiger partial charge in [-0.1, -0.05) is 0 Å². The van der Waals surface area contributed by atoms with Gasteiger partial charge < -0.3 is 5.32 Å². The topological polar surface area (TPSA) is 72.2 Å². The number of piperidine rings is 1. The van der Waals surface area contributed by atoms with Crippen molar-refractivity contribution in [3.05, 3.63) is 46.4 Å². The molecule has 1 fully saturated rings. The average Bonchev–Trinajstić information content (AvgIpc) is 2.93. The van der Waals surface area contributed by atoms with Crippen molar-refractivity contribution in [2.45, 2.75) is 25.1 Å². The van der Waals surface area contributed by atoms with Crippen LogP contribution in [-0.4, -0.2) is 44.8 Å². The normalized spacial score (nSPS) is 16.3. The molecule has 28 heavy (non-hydrogen) atoms. The van der Waals surface area contributed by atoms with Gasteiger partial charge >= 0.3 is 11.9 Å². The molecule has 2 heterocycles. The van der Waals surface area contributed by atoms with Crippen LogP contribution in [0.5, 0.6) is 0 Å². The molecule has 1 aromatic carbocycles. The minimum Gasteiger partial charge on any atom is -0.325 e. The Morgan fingerprint density at radius 3 is 2.36 bits per heavy atom. The summed E-state index contributed by atoms with van der Waals surface area (Å²) in [5.74, 6) is -1.91. The molecule has 1 aromatic heterocycles. The second-order valence-corrected chi connectivity index (χ2v) is 6.67. The highest BCUT2D eigenvalue weighted by Gasteiger charge is 2.39. The van der Waals surface area contributed by atoms with E-state index in [9.17, 15) is 27.2 Å². The van der Waals surface area contributed by atoms with E-state index in [2.05, 4.69) is 10.4 Å². The minimum atomic E-state index is -4.70. The number of nitrogens with one attached hydrogen (secondary N) is 1. The summed E-state index contributed by atoms with van der Waals surface area (Å²) in [5.41, 5.74) is -0.333. The van der Waals surface area contributed by atoms with Crippen LogP contribution in [0.25, 0.3) is 0 Å². The molecule has 7 nitrogen and oxygen atoms in total. The molecule has 1 aliphatic heterocycles. The number of benzene rings is 1. The first-order valence-electron chi connectivity index (χ1n) is 8.65. The number of anilines is 1. The van der Waals surface area contributed by atoms with E-state index in [4.69, 9.17) is 0 Å². The van der Waals surface area contributed by atoms with Gasteiger partial charge in [-0.3, -0.25) is 14.3 Å². The third-order valence-corrected chi connectivity index (χ3v) is 4.65. The van der Waals surface area contributed by atoms with E-state index in [-0.39, 0.29) is 12.5 Å². The number of carbonyl (C=O) groups excluding carboxylic acids is 1. The Morgan fingerprint density at radius 2 is 1.82 bits per heavy atom. The van der Waals surface area contributed by atoms with Gasteiger partial charge in [0, 0.05) is 25.8 Å². The lowest BCUT2D eigenvalue weighted by Gasteiger charge is -2.30. The molecule has 0 bridgehead atoms. The van der Waals surface area contributed by atoms with Crippen molar-refractivity contribution >= 4 is 11.6 Å². The zero-order valence-electron chi connectivity index (χ0n) is 15.0. The van der Waals surface area contributed by atoms with Crippen LogP contribution >= 0.6 is 0 Å². The number of hydrogen-bond acceptors (Lipinski definition) is 4. The molecule has 1 amide bonds. The molecule has 0 atom stereocenters. The summed E-state index contributed by atoms with van der Waals surface area (Å²) >= 11 is 0. The molecule has 0 radical (unpaired) electrons. The van der Waals surface area contributed by atoms with Gasteiger partial charge in [-0.15, -0.1) is 5.10 Å². The monoisotopic (exact) mass is 401 g/mol. The van der Waals surface area contributed by atoms with Gasteiger partial charge in [0.25, 0.3) is 0 Å². The number of halogens is 4. The molecule has 2 aromatic rings. The fourth-order valence-corrected chi connectivity index (χ4v) is 3.20. The van der Waals surface area contributed by atoms with Crippen LogP contribution in [-0.2, 0) is 18.0 Å². The molecular weight excluding hydrogens is 382 g/mol. The highest BCUT2D eigenvalue weighted by atomic mass is 19.4. The Kier molecular flexibility index (Phi) is 5.54. The fraction of sp³-hybridized carbons (Fsp3) is 0.471. The molecule has 152 valence electrons. The van der Waals surface area contributed by atoms with E-state index in [1.165, 1.54) is 24.3 Å². The van der Waals surface area contributed by atoms with Gasteiger partial charge in [-0.25, -0.2) is 13.9 Å². The van der Waals surface area contributed by atoms with Gasteiger partial charge in [-0.2, -0.15) is 13.2 Å². The molecule has 0 unspecified atom stereocenters. The maximum absolute atomic E-state index is 12.9. The summed E-state index contributed by atoms with van der Waals surface area (Å²) in [6.45, 7) is 0.965. The summed E-state index contributed by atoms with van der Waals surface area (Å²) < 4.78 is 53.0. The van der Waals surface area contributed by atoms with E-state index >= 15 is 0 Å². The molecule has 0 saturated carbocycles. The number of hydrogen-bond donors (Lipinski definition) is 1. The van der Waals surface area contributed by atoms with Crippen LogP contribution in [0.4, 0.5) is 23.2 Å². The van der Waals surface area contributed by atoms with Crippen LogP contribution in [0.15, 0.2) is 29.1 Å². The van der Waals surface area contributed by atoms with Crippen LogP contribution in [0.1, 0.15) is 24.7 Å². The Hall–Kier alpha value is -2.69. The number of nitrogens with zero attached hydrogens (tertiary/aromatic N) is 4.